The molecule has 120 valence electrons. The lowest BCUT2D eigenvalue weighted by Crippen LogP contribution is -2.54. The van der Waals surface area contributed by atoms with Crippen molar-refractivity contribution in [2.75, 3.05) is 0 Å². The second-order valence-electron chi connectivity index (χ2n) is 5.85. The summed E-state index contributed by atoms with van der Waals surface area (Å²) in [6.45, 7) is 0. The number of rotatable bonds is 4. The lowest BCUT2D eigenvalue weighted by Gasteiger charge is -2.31. The van der Waals surface area contributed by atoms with Crippen molar-refractivity contribution in [1.82, 2.24) is 0 Å². The summed E-state index contributed by atoms with van der Waals surface area (Å²) in [6, 6.07) is 11.1. The summed E-state index contributed by atoms with van der Waals surface area (Å²) >= 11 is 0. The number of carbonyl (C=O) groups is 1. The molecule has 1 saturated carbocycles. The topological polar surface area (TPSA) is 83.5 Å². The van der Waals surface area contributed by atoms with Crippen molar-refractivity contribution in [3.63, 3.8) is 0 Å². The van der Waals surface area contributed by atoms with Crippen LogP contribution >= 0.6 is 0 Å². The van der Waals surface area contributed by atoms with Gasteiger partial charge in [-0.2, -0.15) is 0 Å². The Morgan fingerprint density at radius 2 is 1.83 bits per heavy atom. The van der Waals surface area contributed by atoms with E-state index in [1.165, 1.54) is 18.2 Å². The summed E-state index contributed by atoms with van der Waals surface area (Å²) in [6.07, 6.45) is 0.149. The van der Waals surface area contributed by atoms with Gasteiger partial charge in [-0.25, -0.2) is 13.6 Å². The molecule has 2 aromatic carbocycles. The van der Waals surface area contributed by atoms with Gasteiger partial charge in [0.15, 0.2) is 11.6 Å². The van der Waals surface area contributed by atoms with Crippen LogP contribution in [0.1, 0.15) is 23.5 Å². The van der Waals surface area contributed by atoms with E-state index >= 15 is 0 Å². The minimum atomic E-state index is -2.32. The van der Waals surface area contributed by atoms with Crippen molar-refractivity contribution >= 4 is 5.97 Å². The number of carboxylic acids is 1. The summed E-state index contributed by atoms with van der Waals surface area (Å²) < 4.78 is 26.5. The largest absolute Gasteiger partial charge is 0.479 e. The Hall–Kier alpha value is -2.31. The fourth-order valence-corrected chi connectivity index (χ4v) is 3.09. The average Bonchev–Trinajstić information content (AvgIpc) is 3.23. The van der Waals surface area contributed by atoms with Gasteiger partial charge in [-0.05, 0) is 29.7 Å². The second kappa shape index (κ2) is 5.11. The first kappa shape index (κ1) is 15.6. The van der Waals surface area contributed by atoms with Gasteiger partial charge in [-0.3, -0.25) is 0 Å². The summed E-state index contributed by atoms with van der Waals surface area (Å²) in [5.41, 5.74) is 2.88. The first-order valence-corrected chi connectivity index (χ1v) is 7.06. The molecular formula is C17H15F2NO3. The predicted molar refractivity (Wildman–Crippen MR) is 78.6 cm³/mol. The van der Waals surface area contributed by atoms with Crippen LogP contribution in [0.2, 0.25) is 0 Å². The summed E-state index contributed by atoms with van der Waals surface area (Å²) in [4.78, 5) is 11.7. The molecule has 0 aliphatic heterocycles. The molecule has 0 saturated heterocycles. The maximum Gasteiger partial charge on any atom is 0.342 e. The molecule has 1 aliphatic carbocycles. The third-order valence-corrected chi connectivity index (χ3v) is 4.52. The highest BCUT2D eigenvalue weighted by molar-refractivity contribution is 5.83. The molecule has 0 heterocycles. The van der Waals surface area contributed by atoms with E-state index in [9.17, 15) is 23.8 Å². The van der Waals surface area contributed by atoms with Crippen LogP contribution in [-0.4, -0.2) is 21.7 Å². The van der Waals surface area contributed by atoms with Crippen molar-refractivity contribution < 1.29 is 23.8 Å². The van der Waals surface area contributed by atoms with Gasteiger partial charge in [-0.1, -0.05) is 36.4 Å². The van der Waals surface area contributed by atoms with Crippen LogP contribution in [0, 0.1) is 11.6 Å². The zero-order chi connectivity index (χ0) is 16.8. The zero-order valence-corrected chi connectivity index (χ0v) is 12.0. The van der Waals surface area contributed by atoms with Crippen molar-refractivity contribution in [2.45, 2.75) is 23.5 Å². The van der Waals surface area contributed by atoms with Crippen LogP contribution in [0.4, 0.5) is 8.78 Å². The molecule has 3 rings (SSSR count). The number of hydrogen-bond donors (Lipinski definition) is 3. The van der Waals surface area contributed by atoms with Gasteiger partial charge in [-0.15, -0.1) is 0 Å². The Morgan fingerprint density at radius 1 is 1.17 bits per heavy atom. The van der Waals surface area contributed by atoms with Crippen molar-refractivity contribution in [3.8, 4) is 0 Å². The Labute approximate surface area is 131 Å². The van der Waals surface area contributed by atoms with Crippen LogP contribution < -0.4 is 5.73 Å². The summed E-state index contributed by atoms with van der Waals surface area (Å²) in [5.74, 6) is -4.08. The number of benzene rings is 2. The highest BCUT2D eigenvalue weighted by Crippen LogP contribution is 2.58. The number of carboxylic acid groups (broad SMARTS) is 1. The first-order valence-electron chi connectivity index (χ1n) is 7.06. The van der Waals surface area contributed by atoms with Gasteiger partial charge in [0, 0.05) is 5.92 Å². The number of nitrogens with two attached hydrogens (primary N) is 1. The minimum absolute atomic E-state index is 0.149. The molecule has 1 fully saturated rings. The molecule has 1 aliphatic rings. The zero-order valence-electron chi connectivity index (χ0n) is 12.0. The molecule has 0 amide bonds. The molecule has 0 aromatic heterocycles. The molecule has 0 radical (unpaired) electrons. The van der Waals surface area contributed by atoms with Gasteiger partial charge in [0.1, 0.15) is 0 Å². The molecule has 23 heavy (non-hydrogen) atoms. The van der Waals surface area contributed by atoms with Gasteiger partial charge in [0.05, 0.1) is 5.54 Å². The van der Waals surface area contributed by atoms with Crippen LogP contribution in [0.15, 0.2) is 48.5 Å². The Bertz CT molecular complexity index is 768. The van der Waals surface area contributed by atoms with Crippen molar-refractivity contribution in [1.29, 1.82) is 0 Å². The van der Waals surface area contributed by atoms with Crippen LogP contribution in [0.25, 0.3) is 0 Å². The number of aliphatic hydroxyl groups is 1. The molecule has 3 atom stereocenters. The lowest BCUT2D eigenvalue weighted by atomic mass is 9.82. The number of halogens is 2. The van der Waals surface area contributed by atoms with Crippen LogP contribution in [0.5, 0.6) is 0 Å². The van der Waals surface area contributed by atoms with Crippen molar-refractivity contribution in [3.05, 3.63) is 71.3 Å². The molecule has 2 aromatic rings. The highest BCUT2D eigenvalue weighted by atomic mass is 19.2. The maximum absolute atomic E-state index is 13.4. The van der Waals surface area contributed by atoms with E-state index in [1.54, 1.807) is 18.2 Å². The molecule has 2 unspecified atom stereocenters. The third-order valence-electron chi connectivity index (χ3n) is 4.52. The van der Waals surface area contributed by atoms with E-state index in [2.05, 4.69) is 0 Å². The molecule has 4 nitrogen and oxygen atoms in total. The Morgan fingerprint density at radius 3 is 2.39 bits per heavy atom. The predicted octanol–water partition coefficient (Wildman–Crippen LogP) is 2.12. The highest BCUT2D eigenvalue weighted by Gasteiger charge is 2.68. The summed E-state index contributed by atoms with van der Waals surface area (Å²) in [7, 11) is 0. The molecule has 0 bridgehead atoms. The Kier molecular flexibility index (Phi) is 3.46. The molecule has 0 spiro atoms. The van der Waals surface area contributed by atoms with E-state index in [0.29, 0.717) is 5.56 Å². The fraction of sp³-hybridized carbons (Fsp3) is 0.235. The first-order chi connectivity index (χ1) is 10.8. The fourth-order valence-electron chi connectivity index (χ4n) is 3.09. The SMILES string of the molecule is NC1([C@](O)(C(=O)O)c2ccccc2)CC1c1ccc(F)c(F)c1. The maximum atomic E-state index is 13.4. The van der Waals surface area contributed by atoms with Crippen LogP contribution in [-0.2, 0) is 10.4 Å². The molecule has 4 N–H and O–H groups in total. The number of hydrogen-bond acceptors (Lipinski definition) is 3. The average molecular weight is 319 g/mol. The van der Waals surface area contributed by atoms with E-state index in [1.807, 2.05) is 0 Å². The van der Waals surface area contributed by atoms with E-state index < -0.39 is 34.7 Å². The standard InChI is InChI=1S/C17H15F2NO3/c18-13-7-6-10(8-14(13)19)12-9-16(12,20)17(23,15(21)22)11-4-2-1-3-5-11/h1-8,12,23H,9,20H2,(H,21,22)/t12?,16?,17-/m1/s1. The van der Waals surface area contributed by atoms with E-state index in [4.69, 9.17) is 5.73 Å². The second-order valence-corrected chi connectivity index (χ2v) is 5.85. The smallest absolute Gasteiger partial charge is 0.342 e. The number of aliphatic carboxylic acids is 1. The van der Waals surface area contributed by atoms with E-state index in [0.717, 1.165) is 12.1 Å². The van der Waals surface area contributed by atoms with Crippen LogP contribution in [0.3, 0.4) is 0 Å². The van der Waals surface area contributed by atoms with Gasteiger partial charge in [0.2, 0.25) is 5.60 Å². The molecule has 6 heteroatoms. The lowest BCUT2D eigenvalue weighted by molar-refractivity contribution is -0.164. The normalized spacial score (nSPS) is 25.7. The monoisotopic (exact) mass is 319 g/mol. The van der Waals surface area contributed by atoms with Gasteiger partial charge >= 0.3 is 5.97 Å². The van der Waals surface area contributed by atoms with Gasteiger partial charge < -0.3 is 15.9 Å². The molecular weight excluding hydrogens is 304 g/mol. The van der Waals surface area contributed by atoms with E-state index in [-0.39, 0.29) is 12.0 Å². The van der Waals surface area contributed by atoms with Crippen molar-refractivity contribution in [2.24, 2.45) is 5.73 Å². The minimum Gasteiger partial charge on any atom is -0.479 e. The summed E-state index contributed by atoms with van der Waals surface area (Å²) in [5, 5.41) is 20.4. The Balaban J connectivity index is 2.02. The van der Waals surface area contributed by atoms with Gasteiger partial charge in [0.25, 0.3) is 0 Å². The third kappa shape index (κ3) is 2.22. The quantitative estimate of drug-likeness (QED) is 0.806.